The molecule has 0 aliphatic carbocycles. The molecule has 3 heteroatoms. The number of hydrogen-bond acceptors (Lipinski definition) is 2. The zero-order valence-corrected chi connectivity index (χ0v) is 8.66. The van der Waals surface area contributed by atoms with Gasteiger partial charge in [0, 0.05) is 12.6 Å². The quantitative estimate of drug-likeness (QED) is 0.707. The van der Waals surface area contributed by atoms with Crippen LogP contribution in [0.2, 0.25) is 0 Å². The zero-order chi connectivity index (χ0) is 10.0. The Hall–Kier alpha value is -0.570. The van der Waals surface area contributed by atoms with E-state index in [-0.39, 0.29) is 6.54 Å². The van der Waals surface area contributed by atoms with Crippen LogP contribution in [-0.2, 0) is 4.79 Å². The zero-order valence-electron chi connectivity index (χ0n) is 8.66. The van der Waals surface area contributed by atoms with Crippen LogP contribution in [-0.4, -0.2) is 35.1 Å². The largest absolute Gasteiger partial charge is 0.480 e. The van der Waals surface area contributed by atoms with Crippen LogP contribution in [0, 0.1) is 11.8 Å². The predicted molar refractivity (Wildman–Crippen MR) is 51.6 cm³/mol. The van der Waals surface area contributed by atoms with Gasteiger partial charge in [-0.1, -0.05) is 13.8 Å². The molecule has 1 heterocycles. The predicted octanol–water partition coefficient (Wildman–Crippen LogP) is 1.44. The molecule has 3 unspecified atom stereocenters. The molecule has 3 atom stereocenters. The van der Waals surface area contributed by atoms with Crippen molar-refractivity contribution in [1.82, 2.24) is 4.90 Å². The first-order chi connectivity index (χ1) is 6.00. The average Bonchev–Trinajstić information content (AvgIpc) is 1.98. The third-order valence-electron chi connectivity index (χ3n) is 3.06. The molecule has 3 nitrogen and oxygen atoms in total. The van der Waals surface area contributed by atoms with Gasteiger partial charge in [-0.2, -0.15) is 0 Å². The number of aliphatic carboxylic acids is 1. The summed E-state index contributed by atoms with van der Waals surface area (Å²) in [5.74, 6) is 0.529. The minimum absolute atomic E-state index is 0.190. The number of carboxylic acid groups (broad SMARTS) is 1. The second-order valence-corrected chi connectivity index (χ2v) is 4.38. The van der Waals surface area contributed by atoms with Crippen molar-refractivity contribution in [3.63, 3.8) is 0 Å². The second kappa shape index (κ2) is 4.09. The van der Waals surface area contributed by atoms with Crippen molar-refractivity contribution < 1.29 is 9.90 Å². The van der Waals surface area contributed by atoms with Crippen LogP contribution in [0.25, 0.3) is 0 Å². The molecule has 1 aliphatic rings. The third kappa shape index (κ3) is 2.69. The van der Waals surface area contributed by atoms with E-state index in [2.05, 4.69) is 25.7 Å². The molecule has 0 spiro atoms. The lowest BCUT2D eigenvalue weighted by Gasteiger charge is -2.40. The fourth-order valence-corrected chi connectivity index (χ4v) is 2.21. The van der Waals surface area contributed by atoms with E-state index in [1.807, 2.05) is 0 Å². The Morgan fingerprint density at radius 2 is 2.08 bits per heavy atom. The summed E-state index contributed by atoms with van der Waals surface area (Å²) in [6.07, 6.45) is 1.22. The van der Waals surface area contributed by atoms with Gasteiger partial charge in [0.25, 0.3) is 0 Å². The van der Waals surface area contributed by atoms with Gasteiger partial charge in [-0.05, 0) is 25.2 Å². The Morgan fingerprint density at radius 1 is 1.46 bits per heavy atom. The van der Waals surface area contributed by atoms with Crippen molar-refractivity contribution in [2.75, 3.05) is 13.1 Å². The van der Waals surface area contributed by atoms with Crippen molar-refractivity contribution in [2.45, 2.75) is 33.2 Å². The summed E-state index contributed by atoms with van der Waals surface area (Å²) in [4.78, 5) is 12.7. The van der Waals surface area contributed by atoms with Crippen molar-refractivity contribution in [2.24, 2.45) is 11.8 Å². The van der Waals surface area contributed by atoms with Gasteiger partial charge < -0.3 is 5.11 Å². The first-order valence-corrected chi connectivity index (χ1v) is 4.96. The van der Waals surface area contributed by atoms with E-state index in [1.165, 1.54) is 6.42 Å². The topological polar surface area (TPSA) is 40.5 Å². The lowest BCUT2D eigenvalue weighted by molar-refractivity contribution is -0.139. The lowest BCUT2D eigenvalue weighted by Crippen LogP contribution is -2.47. The monoisotopic (exact) mass is 185 g/mol. The van der Waals surface area contributed by atoms with Crippen LogP contribution in [0.15, 0.2) is 0 Å². The Morgan fingerprint density at radius 3 is 2.62 bits per heavy atom. The summed E-state index contributed by atoms with van der Waals surface area (Å²) in [6, 6.07) is 0.410. The molecule has 76 valence electrons. The van der Waals surface area contributed by atoms with Crippen molar-refractivity contribution >= 4 is 5.97 Å². The summed E-state index contributed by atoms with van der Waals surface area (Å²) >= 11 is 0. The van der Waals surface area contributed by atoms with Gasteiger partial charge in [-0.25, -0.2) is 0 Å². The molecule has 1 fully saturated rings. The number of piperidine rings is 1. The summed E-state index contributed by atoms with van der Waals surface area (Å²) in [7, 11) is 0. The maximum absolute atomic E-state index is 10.6. The van der Waals surface area contributed by atoms with E-state index >= 15 is 0 Å². The number of rotatable bonds is 2. The highest BCUT2D eigenvalue weighted by Gasteiger charge is 2.29. The van der Waals surface area contributed by atoms with Crippen LogP contribution in [0.1, 0.15) is 27.2 Å². The van der Waals surface area contributed by atoms with Crippen LogP contribution in [0.4, 0.5) is 0 Å². The molecule has 1 rings (SSSR count). The number of carboxylic acids is 1. The van der Waals surface area contributed by atoms with E-state index in [1.54, 1.807) is 0 Å². The molecule has 1 N–H and O–H groups in total. The van der Waals surface area contributed by atoms with Gasteiger partial charge in [0.05, 0.1) is 6.54 Å². The third-order valence-corrected chi connectivity index (χ3v) is 3.06. The van der Waals surface area contributed by atoms with Crippen LogP contribution >= 0.6 is 0 Å². The molecule has 1 saturated heterocycles. The molecule has 0 aromatic heterocycles. The standard InChI is InChI=1S/C10H19NO2/c1-7-4-8(2)9(3)11(5-7)6-10(12)13/h7-9H,4-6H2,1-3H3,(H,12,13). The highest BCUT2D eigenvalue weighted by molar-refractivity contribution is 5.69. The number of carbonyl (C=O) groups is 1. The SMILES string of the molecule is CC1CC(C)C(C)N(CC(=O)O)C1. The maximum Gasteiger partial charge on any atom is 0.317 e. The highest BCUT2D eigenvalue weighted by atomic mass is 16.4. The number of hydrogen-bond donors (Lipinski definition) is 1. The molecule has 0 aromatic rings. The molecule has 0 saturated carbocycles. The Balaban J connectivity index is 2.55. The highest BCUT2D eigenvalue weighted by Crippen LogP contribution is 2.26. The van der Waals surface area contributed by atoms with Crippen molar-refractivity contribution in [3.05, 3.63) is 0 Å². The summed E-state index contributed by atoms with van der Waals surface area (Å²) < 4.78 is 0. The summed E-state index contributed by atoms with van der Waals surface area (Å²) in [5, 5.41) is 8.71. The molecule has 0 radical (unpaired) electrons. The first-order valence-electron chi connectivity index (χ1n) is 4.96. The maximum atomic E-state index is 10.6. The van der Waals surface area contributed by atoms with E-state index in [0.29, 0.717) is 17.9 Å². The number of likely N-dealkylation sites (tertiary alicyclic amines) is 1. The molecule has 0 amide bonds. The van der Waals surface area contributed by atoms with Crippen LogP contribution in [0.3, 0.4) is 0 Å². The van der Waals surface area contributed by atoms with Gasteiger partial charge in [0.1, 0.15) is 0 Å². The van der Waals surface area contributed by atoms with Crippen LogP contribution < -0.4 is 0 Å². The average molecular weight is 185 g/mol. The summed E-state index contributed by atoms with van der Waals surface area (Å²) in [6.45, 7) is 7.64. The van der Waals surface area contributed by atoms with Gasteiger partial charge >= 0.3 is 5.97 Å². The minimum atomic E-state index is -0.715. The molecule has 1 aliphatic heterocycles. The minimum Gasteiger partial charge on any atom is -0.480 e. The second-order valence-electron chi connectivity index (χ2n) is 4.38. The van der Waals surface area contributed by atoms with Gasteiger partial charge in [-0.3, -0.25) is 9.69 Å². The fourth-order valence-electron chi connectivity index (χ4n) is 2.21. The lowest BCUT2D eigenvalue weighted by atomic mass is 9.86. The molecular formula is C10H19NO2. The van der Waals surface area contributed by atoms with Crippen LogP contribution in [0.5, 0.6) is 0 Å². The normalized spacial score (nSPS) is 36.1. The Kier molecular flexibility index (Phi) is 3.31. The molecular weight excluding hydrogens is 166 g/mol. The fraction of sp³-hybridized carbons (Fsp3) is 0.900. The molecule has 0 aromatic carbocycles. The Bertz CT molecular complexity index is 193. The van der Waals surface area contributed by atoms with E-state index in [9.17, 15) is 4.79 Å². The molecule has 0 bridgehead atoms. The van der Waals surface area contributed by atoms with Gasteiger partial charge in [-0.15, -0.1) is 0 Å². The smallest absolute Gasteiger partial charge is 0.317 e. The number of nitrogens with zero attached hydrogens (tertiary/aromatic N) is 1. The Labute approximate surface area is 79.7 Å². The van der Waals surface area contributed by atoms with E-state index in [0.717, 1.165) is 6.54 Å². The first kappa shape index (κ1) is 10.5. The van der Waals surface area contributed by atoms with Gasteiger partial charge in [0.15, 0.2) is 0 Å². The molecule has 13 heavy (non-hydrogen) atoms. The van der Waals surface area contributed by atoms with Gasteiger partial charge in [0.2, 0.25) is 0 Å². The van der Waals surface area contributed by atoms with E-state index < -0.39 is 5.97 Å². The van der Waals surface area contributed by atoms with Crippen molar-refractivity contribution in [3.8, 4) is 0 Å². The van der Waals surface area contributed by atoms with E-state index in [4.69, 9.17) is 5.11 Å². The van der Waals surface area contributed by atoms with Crippen molar-refractivity contribution in [1.29, 1.82) is 0 Å². The summed E-state index contributed by atoms with van der Waals surface area (Å²) in [5.41, 5.74) is 0.